The van der Waals surface area contributed by atoms with Gasteiger partial charge in [0, 0.05) is 62.6 Å². The number of rotatable bonds is 8. The Kier molecular flexibility index (Phi) is 15.0. The molecule has 0 amide bonds. The Morgan fingerprint density at radius 2 is 0.667 bits per heavy atom. The van der Waals surface area contributed by atoms with Gasteiger partial charge in [0.1, 0.15) is 0 Å². The largest absolute Gasteiger partial charge is 0.488 e. The fourth-order valence-corrected chi connectivity index (χ4v) is 7.07. The van der Waals surface area contributed by atoms with Crippen LogP contribution < -0.4 is 5.46 Å². The summed E-state index contributed by atoms with van der Waals surface area (Å²) in [6.45, 7) is 0. The third-order valence-corrected chi connectivity index (χ3v) is 10.5. The van der Waals surface area contributed by atoms with Crippen molar-refractivity contribution in [1.29, 1.82) is 0 Å². The lowest BCUT2D eigenvalue weighted by Gasteiger charge is -2.09. The fourth-order valence-electron chi connectivity index (χ4n) is 6.53. The quantitative estimate of drug-likeness (QED) is 0.141. The molecule has 4 heterocycles. The molecule has 0 aliphatic heterocycles. The first-order valence-electron chi connectivity index (χ1n) is 20.4. The minimum Gasteiger partial charge on any atom is -0.423 e. The van der Waals surface area contributed by atoms with Gasteiger partial charge in [-0.2, -0.15) is 9.97 Å². The average Bonchev–Trinajstić information content (AvgIpc) is 3.37. The summed E-state index contributed by atoms with van der Waals surface area (Å²) >= 11 is 18.0. The van der Waals surface area contributed by atoms with Crippen LogP contribution in [0, 0.1) is 0 Å². The summed E-state index contributed by atoms with van der Waals surface area (Å²) in [6.07, 6.45) is 6.89. The van der Waals surface area contributed by atoms with Crippen LogP contribution >= 0.6 is 34.8 Å². The van der Waals surface area contributed by atoms with E-state index in [1.807, 2.05) is 158 Å². The Morgan fingerprint density at radius 1 is 0.318 bits per heavy atom. The van der Waals surface area contributed by atoms with E-state index in [1.54, 1.807) is 36.9 Å². The van der Waals surface area contributed by atoms with Crippen molar-refractivity contribution >= 4 is 47.4 Å². The van der Waals surface area contributed by atoms with Gasteiger partial charge in [0.05, 0.1) is 0 Å². The molecule has 2 N–H and O–H groups in total. The summed E-state index contributed by atoms with van der Waals surface area (Å²) < 4.78 is 0. The highest BCUT2D eigenvalue weighted by molar-refractivity contribution is 6.58. The first kappa shape index (κ1) is 45.1. The highest BCUT2D eigenvalue weighted by Gasteiger charge is 2.14. The smallest absolute Gasteiger partial charge is 0.423 e. The van der Waals surface area contributed by atoms with Gasteiger partial charge in [-0.1, -0.05) is 157 Å². The molecule has 0 unspecified atom stereocenters. The summed E-state index contributed by atoms with van der Waals surface area (Å²) in [6, 6.07) is 57.6. The number of hydrogen-bond donors (Lipinski definition) is 2. The molecule has 0 spiro atoms. The molecule has 0 aliphatic carbocycles. The van der Waals surface area contributed by atoms with Gasteiger partial charge >= 0.3 is 7.12 Å². The Balaban J connectivity index is 0.000000145. The van der Waals surface area contributed by atoms with E-state index in [2.05, 4.69) is 37.1 Å². The van der Waals surface area contributed by atoms with E-state index < -0.39 is 7.12 Å². The number of aromatic nitrogens is 8. The average molecular weight is 922 g/mol. The molecule has 0 atom stereocenters. The standard InChI is InChI=1S/C26H17ClN4.C14H9ClN4.C12H10BClO2/c27-23-10-4-8-21(16-23)18-11-13-20(14-12-18)25-29-24(19-6-2-1-3-7-19)30-26(31-25)22-9-5-15-28-17-22;15-14-18-12(10-5-2-1-3-6-10)17-13(19-14)11-7-4-8-16-9-11;14-12-3-1-2-10(8-12)9-4-6-11(7-5-9)13(15)16/h1-17H;1-9H;1-8,15-16H. The third kappa shape index (κ3) is 12.0. The molecule has 66 heavy (non-hydrogen) atoms. The molecule has 0 fully saturated rings. The van der Waals surface area contributed by atoms with Crippen molar-refractivity contribution in [3.63, 3.8) is 0 Å². The van der Waals surface area contributed by atoms with Crippen molar-refractivity contribution in [1.82, 2.24) is 39.9 Å². The minimum atomic E-state index is -1.42. The van der Waals surface area contributed by atoms with Crippen LogP contribution in [0.4, 0.5) is 0 Å². The van der Waals surface area contributed by atoms with E-state index in [1.165, 1.54) is 0 Å². The lowest BCUT2D eigenvalue weighted by Crippen LogP contribution is -2.29. The zero-order valence-corrected chi connectivity index (χ0v) is 37.1. The molecule has 10 rings (SSSR count). The van der Waals surface area contributed by atoms with Crippen molar-refractivity contribution in [2.24, 2.45) is 0 Å². The predicted octanol–water partition coefficient (Wildman–Crippen LogP) is 11.5. The van der Waals surface area contributed by atoms with Gasteiger partial charge in [-0.15, -0.1) is 0 Å². The molecule has 6 aromatic carbocycles. The molecular formula is C52H36BCl3N8O2. The van der Waals surface area contributed by atoms with Crippen molar-refractivity contribution < 1.29 is 10.0 Å². The monoisotopic (exact) mass is 920 g/mol. The fraction of sp³-hybridized carbons (Fsp3) is 0. The summed E-state index contributed by atoms with van der Waals surface area (Å²) in [4.78, 5) is 35.2. The molecule has 0 aliphatic rings. The highest BCUT2D eigenvalue weighted by Crippen LogP contribution is 2.28. The minimum absolute atomic E-state index is 0.174. The van der Waals surface area contributed by atoms with Gasteiger partial charge in [0.25, 0.3) is 0 Å². The molecule has 4 aromatic heterocycles. The maximum atomic E-state index is 8.96. The third-order valence-electron chi connectivity index (χ3n) is 9.81. The van der Waals surface area contributed by atoms with E-state index in [0.29, 0.717) is 44.6 Å². The second-order valence-electron chi connectivity index (χ2n) is 14.4. The molecular weight excluding hydrogens is 886 g/mol. The Hall–Kier alpha value is -7.51. The van der Waals surface area contributed by atoms with Crippen molar-refractivity contribution in [2.45, 2.75) is 0 Å². The first-order chi connectivity index (χ1) is 32.3. The maximum Gasteiger partial charge on any atom is 0.488 e. The summed E-state index contributed by atoms with van der Waals surface area (Å²) in [5.41, 5.74) is 9.03. The molecule has 10 nitrogen and oxygen atoms in total. The van der Waals surface area contributed by atoms with Crippen LogP contribution in [-0.4, -0.2) is 57.0 Å². The number of pyridine rings is 2. The maximum absolute atomic E-state index is 8.96. The zero-order valence-electron chi connectivity index (χ0n) is 34.8. The van der Waals surface area contributed by atoms with Crippen LogP contribution in [0.5, 0.6) is 0 Å². The van der Waals surface area contributed by atoms with Crippen molar-refractivity contribution in [3.05, 3.63) is 222 Å². The highest BCUT2D eigenvalue weighted by atomic mass is 35.5. The van der Waals surface area contributed by atoms with Crippen molar-refractivity contribution in [2.75, 3.05) is 0 Å². The lowest BCUT2D eigenvalue weighted by molar-refractivity contribution is 0.426. The van der Waals surface area contributed by atoms with Crippen LogP contribution in [0.25, 0.3) is 79.2 Å². The number of hydrogen-bond acceptors (Lipinski definition) is 10. The second-order valence-corrected chi connectivity index (χ2v) is 15.6. The zero-order chi connectivity index (χ0) is 45.7. The molecule has 0 saturated heterocycles. The van der Waals surface area contributed by atoms with Crippen LogP contribution in [0.15, 0.2) is 207 Å². The molecule has 0 saturated carbocycles. The van der Waals surface area contributed by atoms with Gasteiger partial charge < -0.3 is 10.0 Å². The van der Waals surface area contributed by atoms with Crippen LogP contribution in [-0.2, 0) is 0 Å². The van der Waals surface area contributed by atoms with Gasteiger partial charge in [-0.3, -0.25) is 9.97 Å². The molecule has 14 heteroatoms. The number of benzene rings is 6. The van der Waals surface area contributed by atoms with Gasteiger partial charge in [-0.25, -0.2) is 19.9 Å². The van der Waals surface area contributed by atoms with E-state index in [4.69, 9.17) is 59.8 Å². The predicted molar refractivity (Wildman–Crippen MR) is 265 cm³/mol. The molecule has 0 radical (unpaired) electrons. The van der Waals surface area contributed by atoms with Crippen LogP contribution in [0.3, 0.4) is 0 Å². The van der Waals surface area contributed by atoms with Crippen molar-refractivity contribution in [3.8, 4) is 79.2 Å². The van der Waals surface area contributed by atoms with Gasteiger partial charge in [-0.05, 0) is 87.8 Å². The molecule has 0 bridgehead atoms. The Morgan fingerprint density at radius 3 is 1.08 bits per heavy atom. The molecule has 10 aromatic rings. The van der Waals surface area contributed by atoms with Crippen LogP contribution in [0.2, 0.25) is 15.3 Å². The number of halogens is 3. The van der Waals surface area contributed by atoms with Gasteiger partial charge in [0.15, 0.2) is 29.1 Å². The van der Waals surface area contributed by atoms with Gasteiger partial charge in [0.2, 0.25) is 5.28 Å². The van der Waals surface area contributed by atoms with E-state index in [9.17, 15) is 0 Å². The molecule has 320 valence electrons. The van der Waals surface area contributed by atoms with E-state index in [0.717, 1.165) is 50.1 Å². The topological polar surface area (TPSA) is 144 Å². The number of nitrogens with zero attached hydrogens (tertiary/aromatic N) is 8. The Bertz CT molecular complexity index is 3030. The van der Waals surface area contributed by atoms with Crippen LogP contribution in [0.1, 0.15) is 0 Å². The SMILES string of the molecule is Clc1cccc(-c2ccc(-c3nc(-c4ccccc4)nc(-c4cccnc4)n3)cc2)c1.Clc1nc(-c2ccccc2)nc(-c2cccnc2)n1.OB(O)c1ccc(-c2cccc(Cl)c2)cc1. The van der Waals surface area contributed by atoms with E-state index in [-0.39, 0.29) is 5.28 Å². The summed E-state index contributed by atoms with van der Waals surface area (Å²) in [7, 11) is -1.42. The van der Waals surface area contributed by atoms with E-state index >= 15 is 0 Å². The summed E-state index contributed by atoms with van der Waals surface area (Å²) in [5, 5.41) is 19.5. The first-order valence-corrected chi connectivity index (χ1v) is 21.6. The lowest BCUT2D eigenvalue weighted by atomic mass is 9.80. The normalized spacial score (nSPS) is 10.5. The summed E-state index contributed by atoms with van der Waals surface area (Å²) in [5.74, 6) is 2.91. The Labute approximate surface area is 396 Å². The second kappa shape index (κ2) is 21.9.